The van der Waals surface area contributed by atoms with E-state index in [1.54, 1.807) is 4.90 Å². The normalized spacial score (nSPS) is 19.9. The lowest BCUT2D eigenvalue weighted by molar-refractivity contribution is -0.120. The molecule has 1 aliphatic heterocycles. The molecule has 0 aliphatic carbocycles. The molecule has 23 heavy (non-hydrogen) atoms. The molecule has 2 aromatic carbocycles. The molecule has 1 aromatic heterocycles. The Morgan fingerprint density at radius 1 is 0.913 bits per heavy atom. The van der Waals surface area contributed by atoms with Crippen LogP contribution in [0.25, 0.3) is 0 Å². The number of hydrogen-bond acceptors (Lipinski definition) is 2. The van der Waals surface area contributed by atoms with Crippen molar-refractivity contribution in [2.24, 2.45) is 0 Å². The molecule has 0 saturated heterocycles. The maximum absolute atomic E-state index is 13.4. The van der Waals surface area contributed by atoms with E-state index in [1.165, 1.54) is 0 Å². The molecule has 114 valence electrons. The van der Waals surface area contributed by atoms with Gasteiger partial charge >= 0.3 is 0 Å². The van der Waals surface area contributed by atoms with Crippen LogP contribution in [0.2, 0.25) is 0 Å². The molecule has 0 spiro atoms. The number of amides is 1. The highest BCUT2D eigenvalue weighted by Crippen LogP contribution is 2.49. The smallest absolute Gasteiger partial charge is 0.249 e. The maximum Gasteiger partial charge on any atom is 0.249 e. The lowest BCUT2D eigenvalue weighted by Gasteiger charge is -2.27. The van der Waals surface area contributed by atoms with Gasteiger partial charge in [0.25, 0.3) is 0 Å². The minimum Gasteiger partial charge on any atom is -0.465 e. The number of carbonyl (C=O) groups is 1. The minimum atomic E-state index is -0.916. The number of aryl methyl sites for hydroxylation is 1. The summed E-state index contributed by atoms with van der Waals surface area (Å²) in [6.45, 7) is 1.90. The van der Waals surface area contributed by atoms with E-state index in [0.29, 0.717) is 5.76 Å². The summed E-state index contributed by atoms with van der Waals surface area (Å²) in [6.07, 6.45) is 0. The largest absolute Gasteiger partial charge is 0.465 e. The number of nitrogens with zero attached hydrogens (tertiary/aromatic N) is 1. The van der Waals surface area contributed by atoms with Crippen LogP contribution in [0.4, 0.5) is 5.69 Å². The second-order valence-corrected chi connectivity index (χ2v) is 5.91. The van der Waals surface area contributed by atoms with Gasteiger partial charge in [0.1, 0.15) is 11.5 Å². The topological polar surface area (TPSA) is 33.5 Å². The minimum absolute atomic E-state index is 0.0132. The standard InChI is InChI=1S/C20H17NO2/c1-14-12-13-18(23-14)20(15-8-4-3-5-9-15)16-10-6-7-11-17(16)21(2)19(20)22/h3-13H,1-2H3/t20-/m0/s1. The molecule has 1 atom stereocenters. The van der Waals surface area contributed by atoms with Crippen molar-refractivity contribution in [2.45, 2.75) is 12.3 Å². The third kappa shape index (κ3) is 1.73. The molecule has 0 unspecified atom stereocenters. The summed E-state index contributed by atoms with van der Waals surface area (Å²) in [5, 5.41) is 0. The number of hydrogen-bond donors (Lipinski definition) is 0. The van der Waals surface area contributed by atoms with Gasteiger partial charge in [-0.1, -0.05) is 48.5 Å². The van der Waals surface area contributed by atoms with Crippen LogP contribution in [0.5, 0.6) is 0 Å². The summed E-state index contributed by atoms with van der Waals surface area (Å²) < 4.78 is 5.95. The summed E-state index contributed by atoms with van der Waals surface area (Å²) >= 11 is 0. The van der Waals surface area contributed by atoms with Crippen molar-refractivity contribution in [2.75, 3.05) is 11.9 Å². The van der Waals surface area contributed by atoms with Crippen LogP contribution in [-0.2, 0) is 10.2 Å². The first-order valence-corrected chi connectivity index (χ1v) is 7.66. The van der Waals surface area contributed by atoms with Crippen LogP contribution in [0.15, 0.2) is 71.1 Å². The number of anilines is 1. The van der Waals surface area contributed by atoms with Gasteiger partial charge in [0.2, 0.25) is 5.91 Å². The SMILES string of the molecule is Cc1ccc([C@@]2(c3ccccc3)C(=O)N(C)c3ccccc32)o1. The molecule has 1 amide bonds. The van der Waals surface area contributed by atoms with E-state index in [0.717, 1.165) is 22.6 Å². The highest BCUT2D eigenvalue weighted by atomic mass is 16.3. The molecule has 0 saturated carbocycles. The Kier molecular flexibility index (Phi) is 2.91. The van der Waals surface area contributed by atoms with E-state index in [2.05, 4.69) is 0 Å². The molecule has 3 nitrogen and oxygen atoms in total. The van der Waals surface area contributed by atoms with Crippen molar-refractivity contribution in [1.82, 2.24) is 0 Å². The monoisotopic (exact) mass is 303 g/mol. The van der Waals surface area contributed by atoms with Gasteiger partial charge in [-0.3, -0.25) is 4.79 Å². The van der Waals surface area contributed by atoms with Crippen LogP contribution >= 0.6 is 0 Å². The van der Waals surface area contributed by atoms with Gasteiger partial charge in [0.15, 0.2) is 5.41 Å². The van der Waals surface area contributed by atoms with Crippen LogP contribution in [0.3, 0.4) is 0 Å². The Labute approximate surface area is 135 Å². The average Bonchev–Trinajstić information content (AvgIpc) is 3.11. The van der Waals surface area contributed by atoms with E-state index in [1.807, 2.05) is 80.7 Å². The third-order valence-corrected chi connectivity index (χ3v) is 4.61. The third-order valence-electron chi connectivity index (χ3n) is 4.61. The highest BCUT2D eigenvalue weighted by Gasteiger charge is 2.54. The van der Waals surface area contributed by atoms with Crippen molar-refractivity contribution in [3.8, 4) is 0 Å². The van der Waals surface area contributed by atoms with Gasteiger partial charge in [0.05, 0.1) is 0 Å². The first-order valence-electron chi connectivity index (χ1n) is 7.66. The van der Waals surface area contributed by atoms with Crippen LogP contribution in [0.1, 0.15) is 22.6 Å². The lowest BCUT2D eigenvalue weighted by atomic mass is 9.73. The second kappa shape index (κ2) is 4.85. The number of carbonyl (C=O) groups excluding carboxylic acids is 1. The lowest BCUT2D eigenvalue weighted by Crippen LogP contribution is -2.40. The van der Waals surface area contributed by atoms with E-state index >= 15 is 0 Å². The molecule has 0 bridgehead atoms. The first-order chi connectivity index (χ1) is 11.2. The van der Waals surface area contributed by atoms with Gasteiger partial charge in [-0.05, 0) is 30.7 Å². The molecule has 0 N–H and O–H groups in total. The molecular weight excluding hydrogens is 286 g/mol. The van der Waals surface area contributed by atoms with E-state index < -0.39 is 5.41 Å². The fraction of sp³-hybridized carbons (Fsp3) is 0.150. The predicted molar refractivity (Wildman–Crippen MR) is 89.6 cm³/mol. The van der Waals surface area contributed by atoms with Gasteiger partial charge < -0.3 is 9.32 Å². The molecule has 4 rings (SSSR count). The molecule has 2 heterocycles. The Balaban J connectivity index is 2.11. The van der Waals surface area contributed by atoms with Crippen molar-refractivity contribution in [3.63, 3.8) is 0 Å². The summed E-state index contributed by atoms with van der Waals surface area (Å²) in [5.41, 5.74) is 1.90. The van der Waals surface area contributed by atoms with Gasteiger partial charge in [-0.15, -0.1) is 0 Å². The Bertz CT molecular complexity index is 881. The number of rotatable bonds is 2. The van der Waals surface area contributed by atoms with E-state index in [4.69, 9.17) is 4.42 Å². The zero-order valence-corrected chi connectivity index (χ0v) is 13.1. The van der Waals surface area contributed by atoms with Gasteiger partial charge in [-0.25, -0.2) is 0 Å². The van der Waals surface area contributed by atoms with Crippen molar-refractivity contribution < 1.29 is 9.21 Å². The summed E-state index contributed by atoms with van der Waals surface area (Å²) in [6, 6.07) is 21.6. The first kappa shape index (κ1) is 13.8. The molecule has 1 aliphatic rings. The zero-order chi connectivity index (χ0) is 16.0. The van der Waals surface area contributed by atoms with Crippen LogP contribution in [-0.4, -0.2) is 13.0 Å². The van der Waals surface area contributed by atoms with Crippen LogP contribution < -0.4 is 4.90 Å². The molecule has 0 fully saturated rings. The number of fused-ring (bicyclic) bond motifs is 1. The van der Waals surface area contributed by atoms with Crippen molar-refractivity contribution in [1.29, 1.82) is 0 Å². The number of likely N-dealkylation sites (N-methyl/N-ethyl adjacent to an activating group) is 1. The van der Waals surface area contributed by atoms with Crippen LogP contribution in [0, 0.1) is 6.92 Å². The Morgan fingerprint density at radius 3 is 2.30 bits per heavy atom. The molecule has 3 aromatic rings. The van der Waals surface area contributed by atoms with Crippen molar-refractivity contribution in [3.05, 3.63) is 89.4 Å². The number of para-hydroxylation sites is 1. The second-order valence-electron chi connectivity index (χ2n) is 5.91. The summed E-state index contributed by atoms with van der Waals surface area (Å²) in [7, 11) is 1.82. The zero-order valence-electron chi connectivity index (χ0n) is 13.1. The van der Waals surface area contributed by atoms with Crippen molar-refractivity contribution >= 4 is 11.6 Å². The summed E-state index contributed by atoms with van der Waals surface area (Å²) in [5.74, 6) is 1.48. The molecular formula is C20H17NO2. The Hall–Kier alpha value is -2.81. The fourth-order valence-electron chi connectivity index (χ4n) is 3.54. The van der Waals surface area contributed by atoms with E-state index in [9.17, 15) is 4.79 Å². The fourth-order valence-corrected chi connectivity index (χ4v) is 3.54. The van der Waals surface area contributed by atoms with Gasteiger partial charge in [-0.2, -0.15) is 0 Å². The average molecular weight is 303 g/mol. The quantitative estimate of drug-likeness (QED) is 0.719. The molecule has 3 heteroatoms. The summed E-state index contributed by atoms with van der Waals surface area (Å²) in [4.78, 5) is 15.1. The van der Waals surface area contributed by atoms with E-state index in [-0.39, 0.29) is 5.91 Å². The predicted octanol–water partition coefficient (Wildman–Crippen LogP) is 3.90. The number of benzene rings is 2. The Morgan fingerprint density at radius 2 is 1.61 bits per heavy atom. The maximum atomic E-state index is 13.4. The highest BCUT2D eigenvalue weighted by molar-refractivity contribution is 6.12. The van der Waals surface area contributed by atoms with Gasteiger partial charge in [0, 0.05) is 18.3 Å². The number of furan rings is 1. The molecule has 0 radical (unpaired) electrons.